The number of hydrogen-bond acceptors (Lipinski definition) is 1. The lowest BCUT2D eigenvalue weighted by molar-refractivity contribution is 0.220. The minimum absolute atomic E-state index is 0.305. The summed E-state index contributed by atoms with van der Waals surface area (Å²) < 4.78 is 0. The Bertz CT molecular complexity index is 105. The van der Waals surface area contributed by atoms with Gasteiger partial charge in [-0.1, -0.05) is 34.0 Å². The molecule has 1 nitrogen and oxygen atoms in total. The molecule has 0 aromatic carbocycles. The van der Waals surface area contributed by atoms with Crippen molar-refractivity contribution in [3.8, 4) is 0 Å². The van der Waals surface area contributed by atoms with Gasteiger partial charge in [-0.05, 0) is 23.8 Å². The van der Waals surface area contributed by atoms with Gasteiger partial charge in [0, 0.05) is 0 Å². The summed E-state index contributed by atoms with van der Waals surface area (Å²) in [5, 5.41) is 0. The summed E-state index contributed by atoms with van der Waals surface area (Å²) in [5.41, 5.74) is 6.42. The molecule has 0 fully saturated rings. The van der Waals surface area contributed by atoms with E-state index in [-0.39, 0.29) is 0 Å². The van der Waals surface area contributed by atoms with Crippen LogP contribution in [0.4, 0.5) is 0 Å². The van der Waals surface area contributed by atoms with E-state index in [4.69, 9.17) is 5.73 Å². The Hall–Kier alpha value is 0.0249. The molecule has 0 bridgehead atoms. The molecule has 2 N–H and O–H groups in total. The summed E-state index contributed by atoms with van der Waals surface area (Å²) in [6.45, 7) is 9.89. The standard InChI is InChI=1S/C9H22BN/c1-8(2,6-10)5-9(3,4)7-11/h5-7,10-11H2,1-4H3. The Balaban J connectivity index is 4.02. The van der Waals surface area contributed by atoms with E-state index >= 15 is 0 Å². The Morgan fingerprint density at radius 2 is 1.55 bits per heavy atom. The molecule has 66 valence electrons. The highest BCUT2D eigenvalue weighted by molar-refractivity contribution is 6.08. The summed E-state index contributed by atoms with van der Waals surface area (Å²) in [7, 11) is 2.24. The topological polar surface area (TPSA) is 26.0 Å². The lowest BCUT2D eigenvalue weighted by Crippen LogP contribution is -2.29. The molecule has 0 amide bonds. The van der Waals surface area contributed by atoms with Crippen molar-refractivity contribution in [2.45, 2.75) is 40.4 Å². The van der Waals surface area contributed by atoms with Crippen LogP contribution in [0.1, 0.15) is 34.1 Å². The zero-order valence-electron chi connectivity index (χ0n) is 8.70. The highest BCUT2D eigenvalue weighted by Gasteiger charge is 2.25. The zero-order chi connectivity index (χ0) is 9.12. The lowest BCUT2D eigenvalue weighted by atomic mass is 9.69. The minimum atomic E-state index is 0.305. The molecule has 11 heavy (non-hydrogen) atoms. The Kier molecular flexibility index (Phi) is 3.63. The van der Waals surface area contributed by atoms with Crippen LogP contribution in [0.2, 0.25) is 6.32 Å². The first-order chi connectivity index (χ1) is 4.83. The molecule has 0 saturated carbocycles. The normalized spacial score (nSPS) is 13.5. The number of nitrogens with two attached hydrogens (primary N) is 1. The third-order valence-electron chi connectivity index (χ3n) is 2.47. The monoisotopic (exact) mass is 155 g/mol. The van der Waals surface area contributed by atoms with E-state index in [9.17, 15) is 0 Å². The molecule has 0 aromatic rings. The lowest BCUT2D eigenvalue weighted by Gasteiger charge is -2.33. The molecule has 0 spiro atoms. The molecule has 0 radical (unpaired) electrons. The van der Waals surface area contributed by atoms with Crippen molar-refractivity contribution in [2.75, 3.05) is 6.54 Å². The third-order valence-corrected chi connectivity index (χ3v) is 2.47. The van der Waals surface area contributed by atoms with E-state index in [2.05, 4.69) is 35.5 Å². The first-order valence-electron chi connectivity index (χ1n) is 4.53. The third kappa shape index (κ3) is 4.46. The molecule has 0 unspecified atom stereocenters. The smallest absolute Gasteiger partial charge is 0.102 e. The van der Waals surface area contributed by atoms with Gasteiger partial charge in [0.2, 0.25) is 0 Å². The highest BCUT2D eigenvalue weighted by atomic mass is 14.6. The maximum absolute atomic E-state index is 5.67. The van der Waals surface area contributed by atoms with E-state index in [1.165, 1.54) is 12.7 Å². The number of rotatable bonds is 4. The van der Waals surface area contributed by atoms with Gasteiger partial charge in [0.25, 0.3) is 0 Å². The molecule has 0 heterocycles. The summed E-state index contributed by atoms with van der Waals surface area (Å²) in [6, 6.07) is 0. The van der Waals surface area contributed by atoms with Gasteiger partial charge in [-0.15, -0.1) is 0 Å². The van der Waals surface area contributed by atoms with Gasteiger partial charge < -0.3 is 5.73 Å². The summed E-state index contributed by atoms with van der Waals surface area (Å²) in [5.74, 6) is 0. The molecule has 0 aromatic heterocycles. The van der Waals surface area contributed by atoms with Gasteiger partial charge in [-0.25, -0.2) is 0 Å². The van der Waals surface area contributed by atoms with Crippen molar-refractivity contribution in [2.24, 2.45) is 16.6 Å². The maximum atomic E-state index is 5.67. The summed E-state index contributed by atoms with van der Waals surface area (Å²) in [6.07, 6.45) is 2.45. The summed E-state index contributed by atoms with van der Waals surface area (Å²) >= 11 is 0. The molecule has 0 atom stereocenters. The highest BCUT2D eigenvalue weighted by Crippen LogP contribution is 2.34. The molecule has 0 saturated heterocycles. The first-order valence-corrected chi connectivity index (χ1v) is 4.53. The summed E-state index contributed by atoms with van der Waals surface area (Å²) in [4.78, 5) is 0. The maximum Gasteiger partial charge on any atom is 0.102 e. The van der Waals surface area contributed by atoms with Crippen LogP contribution in [0.25, 0.3) is 0 Å². The van der Waals surface area contributed by atoms with Gasteiger partial charge in [0.1, 0.15) is 7.85 Å². The molecule has 0 aliphatic heterocycles. The average Bonchev–Trinajstić information content (AvgIpc) is 1.86. The second kappa shape index (κ2) is 3.62. The van der Waals surface area contributed by atoms with Crippen LogP contribution < -0.4 is 5.73 Å². The predicted molar refractivity (Wildman–Crippen MR) is 54.6 cm³/mol. The second-order valence-electron chi connectivity index (χ2n) is 5.06. The second-order valence-corrected chi connectivity index (χ2v) is 5.06. The van der Waals surface area contributed by atoms with Crippen LogP contribution in [0.15, 0.2) is 0 Å². The van der Waals surface area contributed by atoms with Crippen LogP contribution in [0.5, 0.6) is 0 Å². The van der Waals surface area contributed by atoms with Gasteiger partial charge >= 0.3 is 0 Å². The fourth-order valence-electron chi connectivity index (χ4n) is 1.49. The Morgan fingerprint density at radius 1 is 1.09 bits per heavy atom. The van der Waals surface area contributed by atoms with Crippen LogP contribution >= 0.6 is 0 Å². The zero-order valence-corrected chi connectivity index (χ0v) is 8.70. The van der Waals surface area contributed by atoms with Crippen LogP contribution in [-0.2, 0) is 0 Å². The van der Waals surface area contributed by atoms with Crippen LogP contribution in [-0.4, -0.2) is 14.4 Å². The van der Waals surface area contributed by atoms with E-state index in [1.807, 2.05) is 0 Å². The van der Waals surface area contributed by atoms with Crippen molar-refractivity contribution in [1.82, 2.24) is 0 Å². The van der Waals surface area contributed by atoms with Gasteiger partial charge in [0.15, 0.2) is 0 Å². The molecule has 2 heteroatoms. The molecule has 0 aliphatic rings. The van der Waals surface area contributed by atoms with E-state index in [0.717, 1.165) is 6.54 Å². The van der Waals surface area contributed by atoms with Crippen molar-refractivity contribution in [1.29, 1.82) is 0 Å². The van der Waals surface area contributed by atoms with Gasteiger partial charge in [0.05, 0.1) is 0 Å². The van der Waals surface area contributed by atoms with Crippen LogP contribution in [0.3, 0.4) is 0 Å². The Morgan fingerprint density at radius 3 is 1.82 bits per heavy atom. The molecule has 0 rings (SSSR count). The number of hydrogen-bond donors (Lipinski definition) is 1. The fourth-order valence-corrected chi connectivity index (χ4v) is 1.49. The average molecular weight is 155 g/mol. The van der Waals surface area contributed by atoms with E-state index in [0.29, 0.717) is 10.8 Å². The van der Waals surface area contributed by atoms with Crippen molar-refractivity contribution in [3.05, 3.63) is 0 Å². The van der Waals surface area contributed by atoms with E-state index in [1.54, 1.807) is 0 Å². The predicted octanol–water partition coefficient (Wildman–Crippen LogP) is 1.44. The SMILES string of the molecule is BCC(C)(C)CC(C)(C)CN. The van der Waals surface area contributed by atoms with Crippen molar-refractivity contribution < 1.29 is 0 Å². The minimum Gasteiger partial charge on any atom is -0.330 e. The molecular weight excluding hydrogens is 133 g/mol. The first kappa shape index (κ1) is 11.0. The quantitative estimate of drug-likeness (QED) is 0.610. The Labute approximate surface area is 72.2 Å². The largest absolute Gasteiger partial charge is 0.330 e. The van der Waals surface area contributed by atoms with Gasteiger partial charge in [-0.3, -0.25) is 0 Å². The van der Waals surface area contributed by atoms with Crippen molar-refractivity contribution >= 4 is 7.85 Å². The van der Waals surface area contributed by atoms with E-state index < -0.39 is 0 Å². The van der Waals surface area contributed by atoms with Crippen molar-refractivity contribution in [3.63, 3.8) is 0 Å². The van der Waals surface area contributed by atoms with Crippen LogP contribution in [0, 0.1) is 10.8 Å². The van der Waals surface area contributed by atoms with Gasteiger partial charge in [-0.2, -0.15) is 0 Å². The molecular formula is C9H22BN. The molecule has 0 aliphatic carbocycles. The fraction of sp³-hybridized carbons (Fsp3) is 1.00.